The number of carbonyl (C=O) groups is 1. The molecule has 0 spiro atoms. The maximum Gasteiger partial charge on any atom is 0.412 e. The molecule has 0 radical (unpaired) electrons. The fourth-order valence-corrected chi connectivity index (χ4v) is 3.23. The molecule has 1 aromatic heterocycles. The summed E-state index contributed by atoms with van der Waals surface area (Å²) < 4.78 is 5.33. The summed E-state index contributed by atoms with van der Waals surface area (Å²) >= 11 is 0. The molecule has 0 saturated carbocycles. The van der Waals surface area contributed by atoms with Crippen LogP contribution in [0.15, 0.2) is 54.9 Å². The van der Waals surface area contributed by atoms with Gasteiger partial charge in [-0.1, -0.05) is 31.2 Å². The van der Waals surface area contributed by atoms with Gasteiger partial charge in [-0.3, -0.25) is 9.88 Å². The number of para-hydroxylation sites is 1. The monoisotopic (exact) mass is 354 g/mol. The van der Waals surface area contributed by atoms with Crippen LogP contribution in [-0.4, -0.2) is 60.1 Å². The first-order valence-electron chi connectivity index (χ1n) is 9.13. The number of rotatable bonds is 6. The average molecular weight is 354 g/mol. The van der Waals surface area contributed by atoms with Crippen molar-refractivity contribution in [1.29, 1.82) is 0 Å². The zero-order valence-corrected chi connectivity index (χ0v) is 15.2. The molecule has 2 heterocycles. The largest absolute Gasteiger partial charge is 0.412 e. The Kier molecular flexibility index (Phi) is 6.57. The van der Waals surface area contributed by atoms with Crippen LogP contribution < -0.4 is 10.1 Å². The number of pyridine rings is 1. The van der Waals surface area contributed by atoms with Gasteiger partial charge in [0.25, 0.3) is 0 Å². The number of nitrogens with zero attached hydrogens (tertiary/aromatic N) is 3. The molecule has 3 rings (SSSR count). The van der Waals surface area contributed by atoms with Crippen LogP contribution in [0.4, 0.5) is 4.79 Å². The number of nitrogens with one attached hydrogen (secondary N) is 1. The number of ether oxygens (including phenoxy) is 1. The van der Waals surface area contributed by atoms with E-state index in [1.165, 1.54) is 0 Å². The molecule has 138 valence electrons. The van der Waals surface area contributed by atoms with Crippen LogP contribution in [0.5, 0.6) is 5.75 Å². The highest BCUT2D eigenvalue weighted by molar-refractivity contribution is 5.70. The maximum absolute atomic E-state index is 12.2. The van der Waals surface area contributed by atoms with Gasteiger partial charge in [-0.25, -0.2) is 4.79 Å². The van der Waals surface area contributed by atoms with Crippen molar-refractivity contribution in [1.82, 2.24) is 20.1 Å². The fourth-order valence-electron chi connectivity index (χ4n) is 3.23. The van der Waals surface area contributed by atoms with Crippen LogP contribution in [0.1, 0.15) is 18.5 Å². The van der Waals surface area contributed by atoms with Gasteiger partial charge in [0.15, 0.2) is 0 Å². The van der Waals surface area contributed by atoms with Gasteiger partial charge >= 0.3 is 6.09 Å². The molecule has 1 N–H and O–H groups in total. The van der Waals surface area contributed by atoms with Crippen molar-refractivity contribution in [2.24, 2.45) is 0 Å². The zero-order valence-electron chi connectivity index (χ0n) is 15.2. The van der Waals surface area contributed by atoms with Gasteiger partial charge in [0.05, 0.1) is 6.04 Å². The second-order valence-corrected chi connectivity index (χ2v) is 6.36. The van der Waals surface area contributed by atoms with E-state index in [9.17, 15) is 4.79 Å². The summed E-state index contributed by atoms with van der Waals surface area (Å²) in [5.41, 5.74) is 1.11. The molecule has 6 nitrogen and oxygen atoms in total. The summed E-state index contributed by atoms with van der Waals surface area (Å²) in [6.07, 6.45) is 3.21. The molecule has 1 unspecified atom stereocenters. The first kappa shape index (κ1) is 18.4. The van der Waals surface area contributed by atoms with Crippen molar-refractivity contribution in [2.75, 3.05) is 39.3 Å². The normalized spacial score (nSPS) is 16.8. The van der Waals surface area contributed by atoms with E-state index in [0.717, 1.165) is 38.3 Å². The first-order valence-corrected chi connectivity index (χ1v) is 9.13. The van der Waals surface area contributed by atoms with Crippen LogP contribution in [0.25, 0.3) is 0 Å². The molecule has 6 heteroatoms. The molecule has 0 bridgehead atoms. The van der Waals surface area contributed by atoms with Gasteiger partial charge < -0.3 is 15.0 Å². The number of piperazine rings is 1. The topological polar surface area (TPSA) is 57.7 Å². The van der Waals surface area contributed by atoms with Crippen molar-refractivity contribution in [3.63, 3.8) is 0 Å². The number of amides is 1. The number of likely N-dealkylation sites (N-methyl/N-ethyl adjacent to an activating group) is 1. The first-order chi connectivity index (χ1) is 12.8. The summed E-state index contributed by atoms with van der Waals surface area (Å²) in [5, 5.41) is 2.91. The van der Waals surface area contributed by atoms with E-state index >= 15 is 0 Å². The minimum absolute atomic E-state index is 0.0889. The Labute approximate surface area is 154 Å². The van der Waals surface area contributed by atoms with Crippen LogP contribution in [0.2, 0.25) is 0 Å². The van der Waals surface area contributed by atoms with Gasteiger partial charge in [-0.05, 0) is 30.3 Å². The lowest BCUT2D eigenvalue weighted by Gasteiger charge is -2.39. The Morgan fingerprint density at radius 2 is 1.92 bits per heavy atom. The number of hydrogen-bond acceptors (Lipinski definition) is 5. The van der Waals surface area contributed by atoms with Crippen molar-refractivity contribution >= 4 is 6.09 Å². The molecule has 2 aromatic rings. The predicted molar refractivity (Wildman–Crippen MR) is 101 cm³/mol. The van der Waals surface area contributed by atoms with Crippen LogP contribution in [-0.2, 0) is 0 Å². The molecule has 26 heavy (non-hydrogen) atoms. The van der Waals surface area contributed by atoms with Gasteiger partial charge in [-0.15, -0.1) is 0 Å². The lowest BCUT2D eigenvalue weighted by molar-refractivity contribution is 0.0976. The Morgan fingerprint density at radius 1 is 1.15 bits per heavy atom. The summed E-state index contributed by atoms with van der Waals surface area (Å²) in [4.78, 5) is 21.2. The number of benzene rings is 1. The summed E-state index contributed by atoms with van der Waals surface area (Å²) in [6.45, 7) is 7.79. The van der Waals surface area contributed by atoms with E-state index in [0.29, 0.717) is 12.3 Å². The van der Waals surface area contributed by atoms with Crippen molar-refractivity contribution in [3.8, 4) is 5.75 Å². The van der Waals surface area contributed by atoms with Crippen molar-refractivity contribution in [2.45, 2.75) is 13.0 Å². The quantitative estimate of drug-likeness (QED) is 0.864. The fraction of sp³-hybridized carbons (Fsp3) is 0.400. The van der Waals surface area contributed by atoms with Gasteiger partial charge in [0.1, 0.15) is 5.75 Å². The molecule has 1 amide bonds. The Balaban J connectivity index is 1.62. The average Bonchev–Trinajstić information content (AvgIpc) is 2.70. The van der Waals surface area contributed by atoms with Gasteiger partial charge in [0, 0.05) is 45.1 Å². The molecule has 1 aliphatic rings. The Bertz CT molecular complexity index is 673. The molecule has 1 atom stereocenters. The molecular weight excluding hydrogens is 328 g/mol. The predicted octanol–water partition coefficient (Wildman–Crippen LogP) is 2.55. The Morgan fingerprint density at radius 3 is 2.58 bits per heavy atom. The third-order valence-corrected chi connectivity index (χ3v) is 4.76. The highest BCUT2D eigenvalue weighted by Gasteiger charge is 2.25. The molecule has 0 aliphatic carbocycles. The van der Waals surface area contributed by atoms with E-state index < -0.39 is 6.09 Å². The highest BCUT2D eigenvalue weighted by atomic mass is 16.6. The standard InChI is InChI=1S/C20H26N4O2/c1-2-23-11-13-24(14-12-23)19(17-7-6-10-21-15-17)16-22-20(25)26-18-8-4-3-5-9-18/h3-10,15,19H,2,11-14,16H2,1H3,(H,22,25). The van der Waals surface area contributed by atoms with E-state index in [4.69, 9.17) is 4.74 Å². The Hall–Kier alpha value is -2.44. The van der Waals surface area contributed by atoms with Crippen molar-refractivity contribution in [3.05, 3.63) is 60.4 Å². The SMILES string of the molecule is CCN1CCN(C(CNC(=O)Oc2ccccc2)c2cccnc2)CC1. The molecule has 1 fully saturated rings. The minimum Gasteiger partial charge on any atom is -0.410 e. The van der Waals surface area contributed by atoms with E-state index in [1.807, 2.05) is 30.5 Å². The van der Waals surface area contributed by atoms with Crippen LogP contribution >= 0.6 is 0 Å². The summed E-state index contributed by atoms with van der Waals surface area (Å²) in [6, 6.07) is 13.2. The smallest absolute Gasteiger partial charge is 0.410 e. The number of hydrogen-bond donors (Lipinski definition) is 1. The van der Waals surface area contributed by atoms with Gasteiger partial charge in [-0.2, -0.15) is 0 Å². The lowest BCUT2D eigenvalue weighted by Crippen LogP contribution is -2.49. The molecule has 1 saturated heterocycles. The van der Waals surface area contributed by atoms with Crippen LogP contribution in [0.3, 0.4) is 0 Å². The molecule has 1 aliphatic heterocycles. The number of carbonyl (C=O) groups excluding carboxylic acids is 1. The second-order valence-electron chi connectivity index (χ2n) is 6.36. The third kappa shape index (κ3) is 5.03. The summed E-state index contributed by atoms with van der Waals surface area (Å²) in [5.74, 6) is 0.541. The maximum atomic E-state index is 12.2. The summed E-state index contributed by atoms with van der Waals surface area (Å²) in [7, 11) is 0. The zero-order chi connectivity index (χ0) is 18.2. The molecule has 1 aromatic carbocycles. The molecular formula is C20H26N4O2. The minimum atomic E-state index is -0.433. The third-order valence-electron chi connectivity index (χ3n) is 4.76. The van der Waals surface area contributed by atoms with E-state index in [1.54, 1.807) is 18.3 Å². The highest BCUT2D eigenvalue weighted by Crippen LogP contribution is 2.21. The second kappa shape index (κ2) is 9.31. The number of aromatic nitrogens is 1. The van der Waals surface area contributed by atoms with E-state index in [-0.39, 0.29) is 6.04 Å². The van der Waals surface area contributed by atoms with Gasteiger partial charge in [0.2, 0.25) is 0 Å². The lowest BCUT2D eigenvalue weighted by atomic mass is 10.1. The van der Waals surface area contributed by atoms with Crippen molar-refractivity contribution < 1.29 is 9.53 Å². The van der Waals surface area contributed by atoms with E-state index in [2.05, 4.69) is 33.1 Å². The van der Waals surface area contributed by atoms with Crippen LogP contribution in [0, 0.1) is 0 Å².